The second-order valence-electron chi connectivity index (χ2n) is 9.65. The third kappa shape index (κ3) is 7.47. The van der Waals surface area contributed by atoms with Crippen LogP contribution < -0.4 is 10.6 Å². The van der Waals surface area contributed by atoms with E-state index in [0.29, 0.717) is 48.4 Å². The number of amides is 2. The molecule has 0 aliphatic heterocycles. The van der Waals surface area contributed by atoms with Gasteiger partial charge < -0.3 is 19.6 Å². The minimum absolute atomic E-state index is 0.118. The van der Waals surface area contributed by atoms with Gasteiger partial charge in [-0.1, -0.05) is 70.5 Å². The number of para-hydroxylation sites is 1. The maximum Gasteiger partial charge on any atom is 0.251 e. The van der Waals surface area contributed by atoms with E-state index in [1.807, 2.05) is 91.0 Å². The largest absolute Gasteiger partial charge is 0.456 e. The van der Waals surface area contributed by atoms with Crippen molar-refractivity contribution in [2.45, 2.75) is 18.8 Å². The Kier molecular flexibility index (Phi) is 9.56. The van der Waals surface area contributed by atoms with Crippen molar-refractivity contribution in [3.63, 3.8) is 0 Å². The minimum atomic E-state index is -0.444. The van der Waals surface area contributed by atoms with E-state index in [4.69, 9.17) is 8.97 Å². The number of halogens is 1. The van der Waals surface area contributed by atoms with Crippen LogP contribution in [-0.2, 0) is 11.2 Å². The molecule has 1 heterocycles. The second-order valence-corrected chi connectivity index (χ2v) is 11.2. The molecule has 0 bridgehead atoms. The van der Waals surface area contributed by atoms with Gasteiger partial charge in [0.25, 0.3) is 5.91 Å². The average molecular weight is 630 g/mol. The molecule has 3 N–H and O–H groups in total. The van der Waals surface area contributed by atoms with Gasteiger partial charge >= 0.3 is 0 Å². The van der Waals surface area contributed by atoms with Crippen molar-refractivity contribution in [2.24, 2.45) is 0 Å². The van der Waals surface area contributed by atoms with E-state index in [0.717, 1.165) is 37.9 Å². The van der Waals surface area contributed by atoms with Crippen LogP contribution in [0.15, 0.2) is 118 Å². The predicted molar refractivity (Wildman–Crippen MR) is 169 cm³/mol. The molecule has 6 nitrogen and oxygen atoms in total. The molecule has 8 heteroatoms. The lowest BCUT2D eigenvalue weighted by Gasteiger charge is -2.18. The zero-order valence-electron chi connectivity index (χ0n) is 22.2. The van der Waals surface area contributed by atoms with E-state index < -0.39 is 5.92 Å². The Balaban J connectivity index is 1.32. The highest BCUT2D eigenvalue weighted by Gasteiger charge is 2.22. The van der Waals surface area contributed by atoms with Gasteiger partial charge in [0.05, 0.1) is 5.92 Å². The molecule has 0 fully saturated rings. The fourth-order valence-electron chi connectivity index (χ4n) is 4.66. The van der Waals surface area contributed by atoms with E-state index in [1.54, 1.807) is 12.1 Å². The summed E-state index contributed by atoms with van der Waals surface area (Å²) >= 11 is 4.17. The van der Waals surface area contributed by atoms with E-state index in [2.05, 4.69) is 26.6 Å². The maximum absolute atomic E-state index is 13.7. The third-order valence-electron chi connectivity index (χ3n) is 6.83. The Labute approximate surface area is 251 Å². The number of benzene rings is 3. The van der Waals surface area contributed by atoms with Crippen molar-refractivity contribution >= 4 is 56.3 Å². The van der Waals surface area contributed by atoms with Crippen LogP contribution in [0.5, 0.6) is 0 Å². The zero-order valence-corrected chi connectivity index (χ0v) is 24.6. The van der Waals surface area contributed by atoms with Crippen molar-refractivity contribution in [1.82, 2.24) is 10.6 Å². The van der Waals surface area contributed by atoms with Crippen LogP contribution >= 0.6 is 28.0 Å². The number of carbonyl (C=O) groups is 2. The molecule has 41 heavy (non-hydrogen) atoms. The molecule has 0 saturated heterocycles. The number of furan rings is 1. The Morgan fingerprint density at radius 3 is 2.54 bits per heavy atom. The number of hydrogen-bond donors (Lipinski definition) is 3. The molecule has 2 amide bonds. The lowest BCUT2D eigenvalue weighted by molar-refractivity contribution is -0.121. The van der Waals surface area contributed by atoms with Gasteiger partial charge in [0.1, 0.15) is 11.3 Å². The number of fused-ring (bicyclic) bond motifs is 1. The van der Waals surface area contributed by atoms with Crippen molar-refractivity contribution in [1.29, 1.82) is 0 Å². The highest BCUT2D eigenvalue weighted by molar-refractivity contribution is 9.10. The van der Waals surface area contributed by atoms with Crippen LogP contribution in [0.1, 0.15) is 39.6 Å². The zero-order chi connectivity index (χ0) is 28.6. The van der Waals surface area contributed by atoms with E-state index in [9.17, 15) is 9.59 Å². The summed E-state index contributed by atoms with van der Waals surface area (Å²) in [5.74, 6) is 0.482. The summed E-state index contributed by atoms with van der Waals surface area (Å²) < 4.78 is 15.8. The van der Waals surface area contributed by atoms with Crippen molar-refractivity contribution in [3.05, 3.63) is 136 Å². The molecule has 0 saturated carbocycles. The normalized spacial score (nSPS) is 13.7. The summed E-state index contributed by atoms with van der Waals surface area (Å²) in [5, 5.41) is 6.94. The van der Waals surface area contributed by atoms with Crippen LogP contribution in [-0.4, -0.2) is 28.7 Å². The highest BCUT2D eigenvalue weighted by Crippen LogP contribution is 2.29. The Morgan fingerprint density at radius 2 is 1.78 bits per heavy atom. The smallest absolute Gasteiger partial charge is 0.251 e. The fraction of sp³-hybridized carbons (Fsp3) is 0.152. The summed E-state index contributed by atoms with van der Waals surface area (Å²) in [6.07, 6.45) is 9.00. The number of hydrogen-bond acceptors (Lipinski definition) is 5. The van der Waals surface area contributed by atoms with Crippen molar-refractivity contribution in [3.8, 4) is 0 Å². The topological polar surface area (TPSA) is 91.6 Å². The molecule has 1 atom stereocenters. The lowest BCUT2D eigenvalue weighted by Crippen LogP contribution is -2.29. The first-order chi connectivity index (χ1) is 20.0. The monoisotopic (exact) mass is 628 g/mol. The van der Waals surface area contributed by atoms with Crippen LogP contribution in [0.2, 0.25) is 0 Å². The summed E-state index contributed by atoms with van der Waals surface area (Å²) in [5.41, 5.74) is 4.95. The fourth-order valence-corrected chi connectivity index (χ4v) is 5.12. The van der Waals surface area contributed by atoms with Gasteiger partial charge in [-0.05, 0) is 90.1 Å². The third-order valence-corrected chi connectivity index (χ3v) is 7.75. The average Bonchev–Trinajstić information content (AvgIpc) is 3.29. The molecule has 1 unspecified atom stereocenters. The molecule has 5 rings (SSSR count). The first kappa shape index (κ1) is 28.7. The molecule has 4 aromatic rings. The predicted octanol–water partition coefficient (Wildman–Crippen LogP) is 7.50. The number of allylic oxidation sites excluding steroid dienone is 5. The van der Waals surface area contributed by atoms with E-state index in [-0.39, 0.29) is 11.8 Å². The summed E-state index contributed by atoms with van der Waals surface area (Å²) in [6, 6.07) is 25.0. The van der Waals surface area contributed by atoms with Gasteiger partial charge in [0, 0.05) is 33.4 Å². The second kappa shape index (κ2) is 13.7. The summed E-state index contributed by atoms with van der Waals surface area (Å²) in [6.45, 7) is 0.382. The minimum Gasteiger partial charge on any atom is -0.456 e. The standard InChI is InChI=1S/C33H29BrN2O4S/c34-27-15-12-23(13-16-27)29(20-22-8-10-25(11-9-22)32(37)35-18-19-41-39)33(38)36-28-6-3-5-24(14-17-28)31-21-26-4-1-2-7-30(26)40-31/h1-4,6-17,21,29,39H,5,18-20H2,(H,35,37)(H,36,38). The highest BCUT2D eigenvalue weighted by atomic mass is 79.9. The molecule has 0 spiro atoms. The van der Waals surface area contributed by atoms with Gasteiger partial charge in [-0.15, -0.1) is 0 Å². The van der Waals surface area contributed by atoms with E-state index >= 15 is 0 Å². The summed E-state index contributed by atoms with van der Waals surface area (Å²) in [4.78, 5) is 26.0. The molecule has 1 aliphatic rings. The maximum atomic E-state index is 13.7. The Morgan fingerprint density at radius 1 is 1.00 bits per heavy atom. The Hall–Kier alpha value is -3.85. The molecule has 0 radical (unpaired) electrons. The Bertz CT molecular complexity index is 1590. The van der Waals surface area contributed by atoms with Crippen LogP contribution in [0.3, 0.4) is 0 Å². The first-order valence-corrected chi connectivity index (χ1v) is 15.0. The molecular weight excluding hydrogens is 600 g/mol. The molecule has 1 aliphatic carbocycles. The SMILES string of the molecule is O=C(NCCSO)c1ccc(CC(C(=O)NC2=CC=C(c3cc4ccccc4o3)CC=C2)c2ccc(Br)cc2)cc1. The quantitative estimate of drug-likeness (QED) is 0.125. The summed E-state index contributed by atoms with van der Waals surface area (Å²) in [7, 11) is 0. The van der Waals surface area contributed by atoms with Gasteiger partial charge in [0.2, 0.25) is 5.91 Å². The molecule has 3 aromatic carbocycles. The first-order valence-electron chi connectivity index (χ1n) is 13.3. The van der Waals surface area contributed by atoms with Crippen LogP contribution in [0.25, 0.3) is 16.5 Å². The number of nitrogens with one attached hydrogen (secondary N) is 2. The van der Waals surface area contributed by atoms with Crippen LogP contribution in [0.4, 0.5) is 0 Å². The molecule has 208 valence electrons. The van der Waals surface area contributed by atoms with Gasteiger partial charge in [-0.2, -0.15) is 0 Å². The van der Waals surface area contributed by atoms with Crippen LogP contribution in [0, 0.1) is 0 Å². The van der Waals surface area contributed by atoms with Gasteiger partial charge in [-0.3, -0.25) is 9.59 Å². The van der Waals surface area contributed by atoms with E-state index in [1.165, 1.54) is 0 Å². The van der Waals surface area contributed by atoms with Crippen molar-refractivity contribution < 1.29 is 18.6 Å². The number of rotatable bonds is 10. The van der Waals surface area contributed by atoms with Gasteiger partial charge in [-0.25, -0.2) is 0 Å². The van der Waals surface area contributed by atoms with Gasteiger partial charge in [0.15, 0.2) is 0 Å². The lowest BCUT2D eigenvalue weighted by atomic mass is 9.90. The molecular formula is C33H29BrN2O4S. The number of carbonyl (C=O) groups excluding carboxylic acids is 2. The molecule has 1 aromatic heterocycles. The van der Waals surface area contributed by atoms with Crippen molar-refractivity contribution in [2.75, 3.05) is 12.3 Å².